The summed E-state index contributed by atoms with van der Waals surface area (Å²) in [6.45, 7) is 6.00. The molecule has 0 bridgehead atoms. The van der Waals surface area contributed by atoms with Gasteiger partial charge in [-0.05, 0) is 30.0 Å². The van der Waals surface area contributed by atoms with Gasteiger partial charge in [0.15, 0.2) is 0 Å². The third-order valence-corrected chi connectivity index (χ3v) is 4.92. The van der Waals surface area contributed by atoms with E-state index < -0.39 is 0 Å². The highest BCUT2D eigenvalue weighted by Crippen LogP contribution is 2.32. The maximum absolute atomic E-state index is 3.78. The maximum atomic E-state index is 3.78. The fraction of sp³-hybridized carbons (Fsp3) is 0.250. The van der Waals surface area contributed by atoms with Gasteiger partial charge in [-0.15, -0.1) is 29.7 Å². The van der Waals surface area contributed by atoms with Crippen LogP contribution in [0.5, 0.6) is 0 Å². The number of rotatable bonds is 7. The number of hydrogen-bond acceptors (Lipinski definition) is 3. The topological polar surface area (TPSA) is 12.0 Å². The zero-order valence-electron chi connectivity index (χ0n) is 11.1. The summed E-state index contributed by atoms with van der Waals surface area (Å²) in [4.78, 5) is 2.68. The van der Waals surface area contributed by atoms with E-state index in [1.165, 1.54) is 15.5 Å². The van der Waals surface area contributed by atoms with E-state index in [1.807, 2.05) is 29.2 Å². The molecule has 0 aliphatic rings. The second-order valence-electron chi connectivity index (χ2n) is 4.22. The normalized spacial score (nSPS) is 12.1. The van der Waals surface area contributed by atoms with Crippen molar-refractivity contribution >= 4 is 28.8 Å². The van der Waals surface area contributed by atoms with Crippen LogP contribution in [-0.4, -0.2) is 5.75 Å². The average molecular weight is 289 g/mol. The Balaban J connectivity index is 2.15. The highest BCUT2D eigenvalue weighted by molar-refractivity contribution is 7.99. The molecule has 0 aliphatic heterocycles. The van der Waals surface area contributed by atoms with Crippen molar-refractivity contribution in [3.8, 4) is 0 Å². The summed E-state index contributed by atoms with van der Waals surface area (Å²) in [6, 6.07) is 13.2. The summed E-state index contributed by atoms with van der Waals surface area (Å²) >= 11 is 3.63. The van der Waals surface area contributed by atoms with Gasteiger partial charge in [-0.25, -0.2) is 0 Å². The number of anilines is 1. The summed E-state index contributed by atoms with van der Waals surface area (Å²) in [5, 5.41) is 5.80. The van der Waals surface area contributed by atoms with Crippen molar-refractivity contribution in [3.05, 3.63) is 59.3 Å². The summed E-state index contributed by atoms with van der Waals surface area (Å²) in [5.41, 5.74) is 1.22. The predicted octanol–water partition coefficient (Wildman–Crippen LogP) is 5.59. The van der Waals surface area contributed by atoms with Crippen molar-refractivity contribution in [3.63, 3.8) is 0 Å². The number of benzene rings is 1. The van der Waals surface area contributed by atoms with Crippen LogP contribution < -0.4 is 5.32 Å². The lowest BCUT2D eigenvalue weighted by atomic mass is 10.1. The molecule has 1 atom stereocenters. The zero-order chi connectivity index (χ0) is 13.5. The van der Waals surface area contributed by atoms with Crippen molar-refractivity contribution in [2.24, 2.45) is 0 Å². The highest BCUT2D eigenvalue weighted by Gasteiger charge is 2.11. The highest BCUT2D eigenvalue weighted by atomic mass is 32.2. The molecule has 0 radical (unpaired) electrons. The summed E-state index contributed by atoms with van der Waals surface area (Å²) < 4.78 is 0. The van der Waals surface area contributed by atoms with Crippen LogP contribution in [0.25, 0.3) is 0 Å². The predicted molar refractivity (Wildman–Crippen MR) is 88.3 cm³/mol. The first-order valence-electron chi connectivity index (χ1n) is 6.47. The molecule has 0 spiro atoms. The molecule has 0 saturated heterocycles. The fourth-order valence-corrected chi connectivity index (χ4v) is 3.53. The molecule has 19 heavy (non-hydrogen) atoms. The molecule has 0 aliphatic carbocycles. The van der Waals surface area contributed by atoms with E-state index in [0.717, 1.165) is 12.2 Å². The SMILES string of the molecule is C=CCSc1ccccc1NC(CC)c1cccs1. The molecule has 3 heteroatoms. The lowest BCUT2D eigenvalue weighted by Gasteiger charge is -2.19. The van der Waals surface area contributed by atoms with E-state index in [-0.39, 0.29) is 0 Å². The van der Waals surface area contributed by atoms with Gasteiger partial charge in [0.1, 0.15) is 0 Å². The van der Waals surface area contributed by atoms with Crippen molar-refractivity contribution in [2.75, 3.05) is 11.1 Å². The van der Waals surface area contributed by atoms with Gasteiger partial charge in [0.2, 0.25) is 0 Å². The Morgan fingerprint density at radius 1 is 1.32 bits per heavy atom. The van der Waals surface area contributed by atoms with Gasteiger partial charge in [-0.3, -0.25) is 0 Å². The summed E-state index contributed by atoms with van der Waals surface area (Å²) in [6.07, 6.45) is 3.03. The minimum Gasteiger partial charge on any atom is -0.377 e. The first-order valence-corrected chi connectivity index (χ1v) is 8.34. The lowest BCUT2D eigenvalue weighted by molar-refractivity contribution is 0.761. The van der Waals surface area contributed by atoms with Crippen LogP contribution in [0.3, 0.4) is 0 Å². The quantitative estimate of drug-likeness (QED) is 0.527. The van der Waals surface area contributed by atoms with E-state index in [4.69, 9.17) is 0 Å². The van der Waals surface area contributed by atoms with E-state index in [9.17, 15) is 0 Å². The van der Waals surface area contributed by atoms with Crippen LogP contribution >= 0.6 is 23.1 Å². The molecule has 0 fully saturated rings. The Morgan fingerprint density at radius 2 is 2.16 bits per heavy atom. The van der Waals surface area contributed by atoms with Gasteiger partial charge >= 0.3 is 0 Å². The summed E-state index contributed by atoms with van der Waals surface area (Å²) in [5.74, 6) is 0.939. The molecule has 1 heterocycles. The van der Waals surface area contributed by atoms with Crippen molar-refractivity contribution in [1.29, 1.82) is 0 Å². The molecule has 1 aromatic heterocycles. The van der Waals surface area contributed by atoms with Crippen LogP contribution in [-0.2, 0) is 0 Å². The number of hydrogen-bond donors (Lipinski definition) is 1. The molecule has 1 aromatic carbocycles. The van der Waals surface area contributed by atoms with E-state index in [2.05, 4.69) is 60.6 Å². The second-order valence-corrected chi connectivity index (χ2v) is 6.26. The van der Waals surface area contributed by atoms with Gasteiger partial charge in [0.05, 0.1) is 6.04 Å². The Bertz CT molecular complexity index is 505. The van der Waals surface area contributed by atoms with E-state index >= 15 is 0 Å². The zero-order valence-corrected chi connectivity index (χ0v) is 12.8. The molecule has 0 amide bonds. The second kappa shape index (κ2) is 7.41. The van der Waals surface area contributed by atoms with Crippen molar-refractivity contribution < 1.29 is 0 Å². The molecular weight excluding hydrogens is 270 g/mol. The third kappa shape index (κ3) is 3.88. The minimum atomic E-state index is 0.394. The fourth-order valence-electron chi connectivity index (χ4n) is 1.91. The third-order valence-electron chi connectivity index (χ3n) is 2.87. The van der Waals surface area contributed by atoms with Gasteiger partial charge in [0.25, 0.3) is 0 Å². The monoisotopic (exact) mass is 289 g/mol. The number of thiophene rings is 1. The van der Waals surface area contributed by atoms with Crippen molar-refractivity contribution in [2.45, 2.75) is 24.3 Å². The molecule has 1 unspecified atom stereocenters. The van der Waals surface area contributed by atoms with Crippen LogP contribution in [0.15, 0.2) is 59.3 Å². The Labute approximate surface area is 123 Å². The largest absolute Gasteiger partial charge is 0.377 e. The van der Waals surface area contributed by atoms with Crippen LogP contribution in [0.1, 0.15) is 24.3 Å². The van der Waals surface area contributed by atoms with Crippen LogP contribution in [0, 0.1) is 0 Å². The van der Waals surface area contributed by atoms with Gasteiger partial charge in [-0.1, -0.05) is 31.2 Å². The molecule has 2 aromatic rings. The van der Waals surface area contributed by atoms with Crippen molar-refractivity contribution in [1.82, 2.24) is 0 Å². The first-order chi connectivity index (χ1) is 9.35. The molecule has 100 valence electrons. The molecular formula is C16H19NS2. The lowest BCUT2D eigenvalue weighted by Crippen LogP contribution is -2.08. The Kier molecular flexibility index (Phi) is 5.55. The molecule has 2 rings (SSSR count). The van der Waals surface area contributed by atoms with Gasteiger partial charge < -0.3 is 5.32 Å². The minimum absolute atomic E-state index is 0.394. The first kappa shape index (κ1) is 14.2. The Morgan fingerprint density at radius 3 is 2.84 bits per heavy atom. The van der Waals surface area contributed by atoms with E-state index in [0.29, 0.717) is 6.04 Å². The van der Waals surface area contributed by atoms with Crippen LogP contribution in [0.2, 0.25) is 0 Å². The average Bonchev–Trinajstić information content (AvgIpc) is 2.97. The van der Waals surface area contributed by atoms with Gasteiger partial charge in [-0.2, -0.15) is 0 Å². The number of nitrogens with one attached hydrogen (secondary N) is 1. The van der Waals surface area contributed by atoms with E-state index in [1.54, 1.807) is 0 Å². The summed E-state index contributed by atoms with van der Waals surface area (Å²) in [7, 11) is 0. The smallest absolute Gasteiger partial charge is 0.0604 e. The molecule has 1 nitrogen and oxygen atoms in total. The standard InChI is InChI=1S/C16H19NS2/c1-3-11-18-16-9-6-5-8-14(16)17-13(4-2)15-10-7-12-19-15/h3,5-10,12-13,17H,1,4,11H2,2H3. The maximum Gasteiger partial charge on any atom is 0.0604 e. The van der Waals surface area contributed by atoms with Crippen LogP contribution in [0.4, 0.5) is 5.69 Å². The number of para-hydroxylation sites is 1. The molecule has 0 saturated carbocycles. The van der Waals surface area contributed by atoms with Gasteiger partial charge in [0, 0.05) is 21.2 Å². The Hall–Kier alpha value is -1.19. The molecule has 1 N–H and O–H groups in total. The number of thioether (sulfide) groups is 1.